The number of likely N-dealkylation sites (tertiary alicyclic amines) is 1. The summed E-state index contributed by atoms with van der Waals surface area (Å²) in [6.45, 7) is 3.48. The zero-order chi connectivity index (χ0) is 15.5. The van der Waals surface area contributed by atoms with Crippen molar-refractivity contribution in [2.45, 2.75) is 31.8 Å². The molecule has 1 aromatic carbocycles. The molecule has 1 aliphatic carbocycles. The Morgan fingerprint density at radius 3 is 2.54 bits per heavy atom. The van der Waals surface area contributed by atoms with Gasteiger partial charge in [0.1, 0.15) is 0 Å². The van der Waals surface area contributed by atoms with Gasteiger partial charge >= 0.3 is 0 Å². The number of rotatable bonds is 5. The minimum Gasteiger partial charge on any atom is -0.352 e. The highest BCUT2D eigenvalue weighted by atomic mass is 35.5. The Morgan fingerprint density at radius 2 is 1.92 bits per heavy atom. The summed E-state index contributed by atoms with van der Waals surface area (Å²) in [6.07, 6.45) is 3.06. The summed E-state index contributed by atoms with van der Waals surface area (Å²) in [5, 5.41) is 3.66. The molecule has 1 amide bonds. The quantitative estimate of drug-likeness (QED) is 0.807. The van der Waals surface area contributed by atoms with E-state index in [0.29, 0.717) is 35.9 Å². The molecule has 3 rings (SSSR count). The largest absolute Gasteiger partial charge is 0.352 e. The highest BCUT2D eigenvalue weighted by Crippen LogP contribution is 2.35. The van der Waals surface area contributed by atoms with E-state index in [2.05, 4.69) is 10.2 Å². The van der Waals surface area contributed by atoms with Crippen LogP contribution in [0.15, 0.2) is 24.3 Å². The van der Waals surface area contributed by atoms with Gasteiger partial charge in [-0.05, 0) is 42.4 Å². The Hall–Kier alpha value is -0.520. The van der Waals surface area contributed by atoms with Gasteiger partial charge in [-0.3, -0.25) is 4.79 Å². The van der Waals surface area contributed by atoms with Gasteiger partial charge in [0, 0.05) is 43.7 Å². The highest BCUT2D eigenvalue weighted by molar-refractivity contribution is 6.30. The fraction of sp³-hybridized carbons (Fsp3) is 0.588. The van der Waals surface area contributed by atoms with Crippen molar-refractivity contribution in [2.24, 2.45) is 17.6 Å². The van der Waals surface area contributed by atoms with Gasteiger partial charge in [-0.25, -0.2) is 0 Å². The van der Waals surface area contributed by atoms with E-state index in [1.54, 1.807) is 0 Å². The predicted molar refractivity (Wildman–Crippen MR) is 103 cm³/mol. The monoisotopic (exact) mass is 393 g/mol. The summed E-state index contributed by atoms with van der Waals surface area (Å²) in [5.41, 5.74) is 7.24. The lowest BCUT2D eigenvalue weighted by Crippen LogP contribution is -2.49. The molecule has 1 aliphatic heterocycles. The van der Waals surface area contributed by atoms with Crippen molar-refractivity contribution in [2.75, 3.05) is 19.6 Å². The standard InChI is InChI=1S/C17H24ClN3O.2ClH/c18-15-3-1-2-12(8-15)9-20-16(22)6-7-21-10-13-4-5-14(11-21)17(13)19;;/h1-3,8,13-14,17H,4-7,9-11,19H2,(H,20,22);2*1H/t13-,14+,17?;;. The van der Waals surface area contributed by atoms with E-state index >= 15 is 0 Å². The first-order valence-corrected chi connectivity index (χ1v) is 8.48. The van der Waals surface area contributed by atoms with E-state index in [-0.39, 0.29) is 30.7 Å². The van der Waals surface area contributed by atoms with Crippen LogP contribution >= 0.6 is 36.4 Å². The number of carbonyl (C=O) groups excluding carboxylic acids is 1. The van der Waals surface area contributed by atoms with Crippen LogP contribution in [0.1, 0.15) is 24.8 Å². The summed E-state index contributed by atoms with van der Waals surface area (Å²) < 4.78 is 0. The Morgan fingerprint density at radius 1 is 1.25 bits per heavy atom. The highest BCUT2D eigenvalue weighted by Gasteiger charge is 2.39. The minimum atomic E-state index is 0. The van der Waals surface area contributed by atoms with Crippen molar-refractivity contribution in [3.63, 3.8) is 0 Å². The lowest BCUT2D eigenvalue weighted by molar-refractivity contribution is -0.121. The van der Waals surface area contributed by atoms with Gasteiger partial charge in [-0.2, -0.15) is 0 Å². The van der Waals surface area contributed by atoms with Gasteiger partial charge in [0.05, 0.1) is 0 Å². The van der Waals surface area contributed by atoms with E-state index in [1.165, 1.54) is 12.8 Å². The van der Waals surface area contributed by atoms with Crippen LogP contribution in [0.4, 0.5) is 0 Å². The second-order valence-electron chi connectivity index (χ2n) is 6.59. The molecule has 4 nitrogen and oxygen atoms in total. The number of nitrogens with zero attached hydrogens (tertiary/aromatic N) is 1. The maximum absolute atomic E-state index is 12.0. The average Bonchev–Trinajstić information content (AvgIpc) is 2.73. The van der Waals surface area contributed by atoms with E-state index in [4.69, 9.17) is 17.3 Å². The number of hydrogen-bond acceptors (Lipinski definition) is 3. The molecule has 0 spiro atoms. The molecule has 0 radical (unpaired) electrons. The third-order valence-electron chi connectivity index (χ3n) is 5.02. The first-order chi connectivity index (χ1) is 10.6. The fourth-order valence-corrected chi connectivity index (χ4v) is 3.95. The number of fused-ring (bicyclic) bond motifs is 2. The van der Waals surface area contributed by atoms with Crippen LogP contribution < -0.4 is 11.1 Å². The summed E-state index contributed by atoms with van der Waals surface area (Å²) in [4.78, 5) is 14.4. The second kappa shape index (κ2) is 9.83. The van der Waals surface area contributed by atoms with Crippen LogP contribution in [0.2, 0.25) is 5.02 Å². The zero-order valence-electron chi connectivity index (χ0n) is 13.6. The normalized spacial score (nSPS) is 25.5. The van der Waals surface area contributed by atoms with Gasteiger partial charge in [-0.15, -0.1) is 24.8 Å². The van der Waals surface area contributed by atoms with Gasteiger partial charge in [0.25, 0.3) is 0 Å². The van der Waals surface area contributed by atoms with Crippen molar-refractivity contribution in [3.8, 4) is 0 Å². The van der Waals surface area contributed by atoms with Gasteiger partial charge in [-0.1, -0.05) is 23.7 Å². The van der Waals surface area contributed by atoms with Gasteiger partial charge in [0.2, 0.25) is 5.91 Å². The number of hydrogen-bond donors (Lipinski definition) is 2. The van der Waals surface area contributed by atoms with Gasteiger partial charge in [0.15, 0.2) is 0 Å². The van der Waals surface area contributed by atoms with Crippen LogP contribution in [0.25, 0.3) is 0 Å². The van der Waals surface area contributed by atoms with E-state index in [9.17, 15) is 4.79 Å². The molecule has 3 atom stereocenters. The maximum Gasteiger partial charge on any atom is 0.221 e. The van der Waals surface area contributed by atoms with E-state index in [1.807, 2.05) is 24.3 Å². The van der Waals surface area contributed by atoms with E-state index in [0.717, 1.165) is 25.2 Å². The molecule has 1 heterocycles. The van der Waals surface area contributed by atoms with Gasteiger partial charge < -0.3 is 16.0 Å². The SMILES string of the molecule is Cl.Cl.NC1[C@@H]2CC[C@H]1CN(CCC(=O)NCc1cccc(Cl)c1)C2. The smallest absolute Gasteiger partial charge is 0.221 e. The molecule has 24 heavy (non-hydrogen) atoms. The Kier molecular flexibility index (Phi) is 8.82. The molecule has 2 fully saturated rings. The molecule has 1 unspecified atom stereocenters. The Labute approximate surface area is 161 Å². The topological polar surface area (TPSA) is 58.4 Å². The van der Waals surface area contributed by atoms with Crippen molar-refractivity contribution in [1.82, 2.24) is 10.2 Å². The van der Waals surface area contributed by atoms with Crippen molar-refractivity contribution >= 4 is 42.3 Å². The molecule has 136 valence electrons. The van der Waals surface area contributed by atoms with E-state index < -0.39 is 0 Å². The Bertz CT molecular complexity index is 530. The van der Waals surface area contributed by atoms with Crippen LogP contribution in [0.3, 0.4) is 0 Å². The molecule has 3 N–H and O–H groups in total. The number of amides is 1. The number of nitrogens with two attached hydrogens (primary N) is 1. The fourth-order valence-electron chi connectivity index (χ4n) is 3.74. The summed E-state index contributed by atoms with van der Waals surface area (Å²) in [6, 6.07) is 7.97. The number of halogens is 3. The molecule has 2 bridgehead atoms. The van der Waals surface area contributed by atoms with Crippen molar-refractivity contribution < 1.29 is 4.79 Å². The predicted octanol–water partition coefficient (Wildman–Crippen LogP) is 2.86. The summed E-state index contributed by atoms with van der Waals surface area (Å²) in [7, 11) is 0. The summed E-state index contributed by atoms with van der Waals surface area (Å²) >= 11 is 5.94. The van der Waals surface area contributed by atoms with Crippen molar-refractivity contribution in [1.29, 1.82) is 0 Å². The molecule has 1 saturated heterocycles. The molecular formula is C17H26Cl3N3O. The Balaban J connectivity index is 0.00000144. The third-order valence-corrected chi connectivity index (χ3v) is 5.25. The van der Waals surface area contributed by atoms with Crippen molar-refractivity contribution in [3.05, 3.63) is 34.9 Å². The minimum absolute atomic E-state index is 0. The number of carbonyl (C=O) groups is 1. The van der Waals surface area contributed by atoms with Crippen LogP contribution in [-0.2, 0) is 11.3 Å². The lowest BCUT2D eigenvalue weighted by Gasteiger charge is -2.36. The molecular weight excluding hydrogens is 369 g/mol. The second-order valence-corrected chi connectivity index (χ2v) is 7.03. The maximum atomic E-state index is 12.0. The molecule has 2 aliphatic rings. The lowest BCUT2D eigenvalue weighted by atomic mass is 9.93. The van der Waals surface area contributed by atoms with Crippen LogP contribution in [0, 0.1) is 11.8 Å². The molecule has 1 saturated carbocycles. The molecule has 1 aromatic rings. The number of nitrogens with one attached hydrogen (secondary N) is 1. The first kappa shape index (κ1) is 21.5. The van der Waals surface area contributed by atoms with Crippen LogP contribution in [0.5, 0.6) is 0 Å². The zero-order valence-corrected chi connectivity index (χ0v) is 16.0. The van der Waals surface area contributed by atoms with Crippen LogP contribution in [-0.4, -0.2) is 36.5 Å². The first-order valence-electron chi connectivity index (χ1n) is 8.11. The third kappa shape index (κ3) is 5.50. The number of piperidine rings is 1. The molecule has 0 aromatic heterocycles. The average molecular weight is 395 g/mol. The molecule has 7 heteroatoms. The number of benzene rings is 1. The summed E-state index contributed by atoms with van der Waals surface area (Å²) in [5.74, 6) is 1.36.